The lowest BCUT2D eigenvalue weighted by atomic mass is 10.4. The van der Waals surface area contributed by atoms with Crippen molar-refractivity contribution in [1.29, 1.82) is 0 Å². The number of hydrogen-bond donors (Lipinski definition) is 1. The van der Waals surface area contributed by atoms with Gasteiger partial charge in [-0.1, -0.05) is 13.8 Å². The molecule has 0 radical (unpaired) electrons. The van der Waals surface area contributed by atoms with Gasteiger partial charge in [-0.3, -0.25) is 9.78 Å². The predicted octanol–water partition coefficient (Wildman–Crippen LogP) is 2.83. The van der Waals surface area contributed by atoms with Gasteiger partial charge in [0.1, 0.15) is 0 Å². The van der Waals surface area contributed by atoms with Crippen LogP contribution >= 0.6 is 15.9 Å². The lowest BCUT2D eigenvalue weighted by molar-refractivity contribution is -0.114. The molecule has 0 fully saturated rings. The van der Waals surface area contributed by atoms with Crippen LogP contribution < -0.4 is 5.32 Å². The quantitative estimate of drug-likeness (QED) is 0.826. The number of hydrogen-bond acceptors (Lipinski definition) is 2. The summed E-state index contributed by atoms with van der Waals surface area (Å²) in [7, 11) is 0. The number of anilines is 1. The van der Waals surface area contributed by atoms with E-state index in [0.717, 1.165) is 10.2 Å². The normalized spacial score (nSPS) is 8.31. The van der Waals surface area contributed by atoms with Crippen molar-refractivity contribution < 1.29 is 4.79 Å². The van der Waals surface area contributed by atoms with Gasteiger partial charge in [-0.25, -0.2) is 0 Å². The van der Waals surface area contributed by atoms with E-state index in [0.29, 0.717) is 0 Å². The number of pyridine rings is 1. The van der Waals surface area contributed by atoms with Gasteiger partial charge in [-0.05, 0) is 22.0 Å². The van der Waals surface area contributed by atoms with Crippen LogP contribution in [-0.2, 0) is 4.79 Å². The summed E-state index contributed by atoms with van der Waals surface area (Å²) in [5, 5.41) is 2.65. The fourth-order valence-electron chi connectivity index (χ4n) is 0.666. The van der Waals surface area contributed by atoms with Crippen LogP contribution in [0.15, 0.2) is 22.9 Å². The number of rotatable bonds is 1. The van der Waals surface area contributed by atoms with Gasteiger partial charge in [0.15, 0.2) is 0 Å². The summed E-state index contributed by atoms with van der Waals surface area (Å²) >= 11 is 3.25. The molecule has 1 rings (SSSR count). The van der Waals surface area contributed by atoms with Crippen molar-refractivity contribution in [2.45, 2.75) is 20.8 Å². The second-order valence-electron chi connectivity index (χ2n) is 2.04. The van der Waals surface area contributed by atoms with Crippen LogP contribution in [0.3, 0.4) is 0 Å². The Morgan fingerprint density at radius 3 is 2.62 bits per heavy atom. The summed E-state index contributed by atoms with van der Waals surface area (Å²) in [6.07, 6.45) is 3.25. The minimum Gasteiger partial charge on any atom is -0.325 e. The standard InChI is InChI=1S/C7H7BrN2O.C2H6/c1-5(11)10-7-2-3-9-4-6(7)8;1-2/h2-4H,1H3,(H,9,10,11);1-2H3. The third-order valence-electron chi connectivity index (χ3n) is 1.08. The molecule has 0 unspecified atom stereocenters. The second kappa shape index (κ2) is 6.60. The molecule has 13 heavy (non-hydrogen) atoms. The fraction of sp³-hybridized carbons (Fsp3) is 0.333. The lowest BCUT2D eigenvalue weighted by Crippen LogP contribution is -2.06. The number of carbonyl (C=O) groups is 1. The smallest absolute Gasteiger partial charge is 0.221 e. The Bertz CT molecular complexity index is 276. The Hall–Kier alpha value is -0.900. The van der Waals surface area contributed by atoms with Crippen LogP contribution in [0.4, 0.5) is 5.69 Å². The number of nitrogens with one attached hydrogen (secondary N) is 1. The van der Waals surface area contributed by atoms with Gasteiger partial charge in [0, 0.05) is 19.3 Å². The molecule has 72 valence electrons. The lowest BCUT2D eigenvalue weighted by Gasteiger charge is -2.02. The first kappa shape index (κ1) is 12.1. The van der Waals surface area contributed by atoms with Gasteiger partial charge in [0.2, 0.25) is 5.91 Å². The Morgan fingerprint density at radius 2 is 2.15 bits per heavy atom. The number of aromatic nitrogens is 1. The average Bonchev–Trinajstić information content (AvgIpc) is 2.12. The molecule has 0 saturated heterocycles. The summed E-state index contributed by atoms with van der Waals surface area (Å²) in [6.45, 7) is 5.47. The molecule has 0 atom stereocenters. The first-order chi connectivity index (χ1) is 6.20. The summed E-state index contributed by atoms with van der Waals surface area (Å²) in [6, 6.07) is 1.73. The van der Waals surface area contributed by atoms with E-state index < -0.39 is 0 Å². The van der Waals surface area contributed by atoms with Gasteiger partial charge >= 0.3 is 0 Å². The second-order valence-corrected chi connectivity index (χ2v) is 2.89. The first-order valence-electron chi connectivity index (χ1n) is 4.07. The topological polar surface area (TPSA) is 42.0 Å². The Morgan fingerprint density at radius 1 is 1.54 bits per heavy atom. The first-order valence-corrected chi connectivity index (χ1v) is 4.86. The molecule has 1 aromatic rings. The van der Waals surface area contributed by atoms with Crippen molar-refractivity contribution in [2.75, 3.05) is 5.32 Å². The maximum atomic E-state index is 10.6. The molecule has 1 heterocycles. The summed E-state index contributed by atoms with van der Waals surface area (Å²) < 4.78 is 0.787. The van der Waals surface area contributed by atoms with E-state index in [4.69, 9.17) is 0 Å². The zero-order valence-corrected chi connectivity index (χ0v) is 9.55. The molecule has 0 aromatic carbocycles. The minimum atomic E-state index is -0.0862. The maximum absolute atomic E-state index is 10.6. The van der Waals surface area contributed by atoms with Crippen LogP contribution in [0.25, 0.3) is 0 Å². The number of halogens is 1. The van der Waals surface area contributed by atoms with Crippen LogP contribution in [0.5, 0.6) is 0 Å². The van der Waals surface area contributed by atoms with Crippen molar-refractivity contribution in [1.82, 2.24) is 4.98 Å². The predicted molar refractivity (Wildman–Crippen MR) is 57.6 cm³/mol. The number of carbonyl (C=O) groups excluding carboxylic acids is 1. The maximum Gasteiger partial charge on any atom is 0.221 e. The molecule has 0 aliphatic heterocycles. The van der Waals surface area contributed by atoms with E-state index in [1.165, 1.54) is 6.92 Å². The molecule has 4 heteroatoms. The zero-order valence-electron chi connectivity index (χ0n) is 7.97. The molecule has 3 nitrogen and oxygen atoms in total. The van der Waals surface area contributed by atoms with Crippen LogP contribution in [-0.4, -0.2) is 10.9 Å². The van der Waals surface area contributed by atoms with E-state index in [1.54, 1.807) is 18.5 Å². The van der Waals surface area contributed by atoms with Crippen molar-refractivity contribution in [3.05, 3.63) is 22.9 Å². The van der Waals surface area contributed by atoms with E-state index in [1.807, 2.05) is 13.8 Å². The number of nitrogens with zero attached hydrogens (tertiary/aromatic N) is 1. The molecular formula is C9H13BrN2O. The highest BCUT2D eigenvalue weighted by Crippen LogP contribution is 2.19. The third-order valence-corrected chi connectivity index (χ3v) is 1.72. The molecular weight excluding hydrogens is 232 g/mol. The highest BCUT2D eigenvalue weighted by Gasteiger charge is 1.98. The SMILES string of the molecule is CC.CC(=O)Nc1ccncc1Br. The molecule has 0 aliphatic carbocycles. The molecule has 1 amide bonds. The van der Waals surface area contributed by atoms with Crippen LogP contribution in [0.2, 0.25) is 0 Å². The number of amides is 1. The van der Waals surface area contributed by atoms with Crippen molar-refractivity contribution in [2.24, 2.45) is 0 Å². The summed E-state index contributed by atoms with van der Waals surface area (Å²) in [5.74, 6) is -0.0862. The third kappa shape index (κ3) is 4.62. The minimum absolute atomic E-state index is 0.0862. The summed E-state index contributed by atoms with van der Waals surface area (Å²) in [4.78, 5) is 14.5. The van der Waals surface area contributed by atoms with Crippen LogP contribution in [0.1, 0.15) is 20.8 Å². The van der Waals surface area contributed by atoms with Crippen molar-refractivity contribution in [3.63, 3.8) is 0 Å². The van der Waals surface area contributed by atoms with Crippen molar-refractivity contribution >= 4 is 27.5 Å². The van der Waals surface area contributed by atoms with E-state index >= 15 is 0 Å². The van der Waals surface area contributed by atoms with Gasteiger partial charge in [0.25, 0.3) is 0 Å². The van der Waals surface area contributed by atoms with Gasteiger partial charge in [-0.15, -0.1) is 0 Å². The monoisotopic (exact) mass is 244 g/mol. The highest BCUT2D eigenvalue weighted by molar-refractivity contribution is 9.10. The Labute approximate surface area is 86.7 Å². The Balaban J connectivity index is 0.000000671. The molecule has 0 spiro atoms. The summed E-state index contributed by atoms with van der Waals surface area (Å²) in [5.41, 5.74) is 0.743. The van der Waals surface area contributed by atoms with Crippen molar-refractivity contribution in [3.8, 4) is 0 Å². The molecule has 0 saturated carbocycles. The van der Waals surface area contributed by atoms with Gasteiger partial charge < -0.3 is 5.32 Å². The molecule has 0 aliphatic rings. The molecule has 1 N–H and O–H groups in total. The average molecular weight is 245 g/mol. The van der Waals surface area contributed by atoms with Crippen LogP contribution in [0, 0.1) is 0 Å². The zero-order chi connectivity index (χ0) is 10.3. The molecule has 1 aromatic heterocycles. The van der Waals surface area contributed by atoms with Gasteiger partial charge in [-0.2, -0.15) is 0 Å². The molecule has 0 bridgehead atoms. The largest absolute Gasteiger partial charge is 0.325 e. The van der Waals surface area contributed by atoms with E-state index in [2.05, 4.69) is 26.2 Å². The Kier molecular flexibility index (Phi) is 6.14. The van der Waals surface area contributed by atoms with Gasteiger partial charge in [0.05, 0.1) is 10.2 Å². The fourth-order valence-corrected chi connectivity index (χ4v) is 1.02. The van der Waals surface area contributed by atoms with E-state index in [-0.39, 0.29) is 5.91 Å². The van der Waals surface area contributed by atoms with E-state index in [9.17, 15) is 4.79 Å². The highest BCUT2D eigenvalue weighted by atomic mass is 79.9.